The van der Waals surface area contributed by atoms with E-state index in [1.807, 2.05) is 6.92 Å². The van der Waals surface area contributed by atoms with Crippen LogP contribution in [0, 0.1) is 22.5 Å². The van der Waals surface area contributed by atoms with Gasteiger partial charge in [0.25, 0.3) is 5.69 Å². The first kappa shape index (κ1) is 15.1. The number of terminal acetylenes is 1. The molecule has 0 heterocycles. The highest BCUT2D eigenvalue weighted by Gasteiger charge is 2.19. The van der Waals surface area contributed by atoms with Crippen LogP contribution in [0.25, 0.3) is 0 Å². The molecule has 1 aromatic carbocycles. The Bertz CT molecular complexity index is 587. The number of hydrogen-bond acceptors (Lipinski definition) is 4. The van der Waals surface area contributed by atoms with Crippen molar-refractivity contribution in [1.82, 2.24) is 4.72 Å². The highest BCUT2D eigenvalue weighted by Crippen LogP contribution is 2.16. The van der Waals surface area contributed by atoms with E-state index in [4.69, 9.17) is 6.42 Å². The zero-order chi connectivity index (χ0) is 14.5. The monoisotopic (exact) mass is 282 g/mol. The minimum atomic E-state index is -3.75. The van der Waals surface area contributed by atoms with Gasteiger partial charge in [-0.05, 0) is 18.6 Å². The third-order valence-electron chi connectivity index (χ3n) is 2.43. The lowest BCUT2D eigenvalue weighted by Gasteiger charge is -2.12. The van der Waals surface area contributed by atoms with Gasteiger partial charge in [-0.2, -0.15) is 4.72 Å². The van der Waals surface area contributed by atoms with Crippen molar-refractivity contribution in [2.45, 2.75) is 30.7 Å². The van der Waals surface area contributed by atoms with Crippen LogP contribution in [0.4, 0.5) is 5.69 Å². The van der Waals surface area contributed by atoms with Crippen LogP contribution >= 0.6 is 0 Å². The molecule has 0 aliphatic carbocycles. The largest absolute Gasteiger partial charge is 0.269 e. The lowest BCUT2D eigenvalue weighted by atomic mass is 10.2. The van der Waals surface area contributed by atoms with Crippen molar-refractivity contribution in [2.75, 3.05) is 0 Å². The van der Waals surface area contributed by atoms with Gasteiger partial charge >= 0.3 is 0 Å². The van der Waals surface area contributed by atoms with Crippen molar-refractivity contribution >= 4 is 15.7 Å². The molecule has 6 nitrogen and oxygen atoms in total. The van der Waals surface area contributed by atoms with Gasteiger partial charge in [-0.1, -0.05) is 19.3 Å². The number of nitrogens with zero attached hydrogens (tertiary/aromatic N) is 1. The molecule has 1 rings (SSSR count). The fourth-order valence-corrected chi connectivity index (χ4v) is 2.66. The molecule has 19 heavy (non-hydrogen) atoms. The maximum Gasteiger partial charge on any atom is 0.269 e. The first-order valence-corrected chi connectivity index (χ1v) is 7.12. The Morgan fingerprint density at radius 3 is 2.42 bits per heavy atom. The summed E-state index contributed by atoms with van der Waals surface area (Å²) in [6, 6.07) is 4.06. The van der Waals surface area contributed by atoms with Gasteiger partial charge in [0.1, 0.15) is 0 Å². The quantitative estimate of drug-likeness (QED) is 0.488. The average molecular weight is 282 g/mol. The van der Waals surface area contributed by atoms with Crippen molar-refractivity contribution in [2.24, 2.45) is 0 Å². The molecule has 0 saturated carbocycles. The van der Waals surface area contributed by atoms with E-state index < -0.39 is 21.0 Å². The van der Waals surface area contributed by atoms with Gasteiger partial charge in [0.15, 0.2) is 0 Å². The predicted octanol–water partition coefficient (Wildman–Crippen LogP) is 1.68. The molecule has 0 aromatic heterocycles. The van der Waals surface area contributed by atoms with Crippen molar-refractivity contribution in [1.29, 1.82) is 0 Å². The molecule has 0 radical (unpaired) electrons. The van der Waals surface area contributed by atoms with Crippen LogP contribution in [0.1, 0.15) is 19.8 Å². The second-order valence-electron chi connectivity index (χ2n) is 3.88. The summed E-state index contributed by atoms with van der Waals surface area (Å²) in [5.41, 5.74) is -0.166. The summed E-state index contributed by atoms with van der Waals surface area (Å²) in [6.07, 6.45) is 6.52. The first-order valence-electron chi connectivity index (χ1n) is 5.63. The topological polar surface area (TPSA) is 89.3 Å². The van der Waals surface area contributed by atoms with Gasteiger partial charge in [0, 0.05) is 12.1 Å². The van der Waals surface area contributed by atoms with E-state index in [0.717, 1.165) is 18.6 Å². The second-order valence-corrected chi connectivity index (χ2v) is 5.59. The van der Waals surface area contributed by atoms with Gasteiger partial charge < -0.3 is 0 Å². The smallest absolute Gasteiger partial charge is 0.258 e. The fourth-order valence-electron chi connectivity index (χ4n) is 1.47. The van der Waals surface area contributed by atoms with Crippen LogP contribution in [-0.4, -0.2) is 19.4 Å². The van der Waals surface area contributed by atoms with Crippen molar-refractivity contribution in [3.8, 4) is 12.3 Å². The number of rotatable bonds is 6. The summed E-state index contributed by atoms with van der Waals surface area (Å²) in [7, 11) is -3.75. The predicted molar refractivity (Wildman–Crippen MR) is 70.9 cm³/mol. The summed E-state index contributed by atoms with van der Waals surface area (Å²) in [5.74, 6) is 2.36. The first-order chi connectivity index (χ1) is 8.90. The Kier molecular flexibility index (Phi) is 5.03. The van der Waals surface area contributed by atoms with Crippen LogP contribution in [0.3, 0.4) is 0 Å². The molecule has 0 aliphatic heterocycles. The van der Waals surface area contributed by atoms with E-state index in [1.54, 1.807) is 0 Å². The SMILES string of the molecule is C#CC(CCC)NS(=O)(=O)c1ccc([N+](=O)[O-])cc1. The molecule has 1 atom stereocenters. The molecular formula is C12H14N2O4S. The number of nitro benzene ring substituents is 1. The summed E-state index contributed by atoms with van der Waals surface area (Å²) in [6.45, 7) is 1.89. The van der Waals surface area contributed by atoms with Gasteiger partial charge in [0.05, 0.1) is 15.9 Å². The van der Waals surface area contributed by atoms with Gasteiger partial charge in [-0.15, -0.1) is 6.42 Å². The third-order valence-corrected chi connectivity index (χ3v) is 3.92. The third kappa shape index (κ3) is 4.05. The van der Waals surface area contributed by atoms with Crippen LogP contribution in [0.2, 0.25) is 0 Å². The molecule has 0 fully saturated rings. The van der Waals surface area contributed by atoms with Crippen LogP contribution in [-0.2, 0) is 10.0 Å². The molecule has 0 saturated heterocycles. The van der Waals surface area contributed by atoms with E-state index in [-0.39, 0.29) is 10.6 Å². The molecule has 7 heteroatoms. The number of nitro groups is 1. The number of non-ortho nitro benzene ring substituents is 1. The summed E-state index contributed by atoms with van der Waals surface area (Å²) in [4.78, 5) is 9.85. The van der Waals surface area contributed by atoms with Gasteiger partial charge in [0.2, 0.25) is 10.0 Å². The minimum absolute atomic E-state index is 0.0468. The molecule has 0 aliphatic rings. The lowest BCUT2D eigenvalue weighted by molar-refractivity contribution is -0.384. The zero-order valence-electron chi connectivity index (χ0n) is 10.4. The normalized spacial score (nSPS) is 12.6. The molecule has 0 spiro atoms. The zero-order valence-corrected chi connectivity index (χ0v) is 11.2. The molecular weight excluding hydrogens is 268 g/mol. The Labute approximate surface area is 112 Å². The van der Waals surface area contributed by atoms with E-state index in [9.17, 15) is 18.5 Å². The van der Waals surface area contributed by atoms with E-state index in [2.05, 4.69) is 10.6 Å². The summed E-state index contributed by atoms with van der Waals surface area (Å²) < 4.78 is 26.3. The van der Waals surface area contributed by atoms with Crippen molar-refractivity contribution in [3.05, 3.63) is 34.4 Å². The molecule has 1 aromatic rings. The van der Waals surface area contributed by atoms with Crippen molar-refractivity contribution in [3.63, 3.8) is 0 Å². The standard InChI is InChI=1S/C12H14N2O4S/c1-3-5-10(4-2)13-19(17,18)12-8-6-11(7-9-12)14(15)16/h2,6-10,13H,3,5H2,1H3. The Balaban J connectivity index is 2.94. The number of nitrogens with one attached hydrogen (secondary N) is 1. The highest BCUT2D eigenvalue weighted by molar-refractivity contribution is 7.89. The van der Waals surface area contributed by atoms with Crippen LogP contribution < -0.4 is 4.72 Å². The number of benzene rings is 1. The Morgan fingerprint density at radius 2 is 2.00 bits per heavy atom. The second kappa shape index (κ2) is 6.31. The fraction of sp³-hybridized carbons (Fsp3) is 0.333. The molecule has 102 valence electrons. The van der Waals surface area contributed by atoms with Gasteiger partial charge in [-0.25, -0.2) is 8.42 Å². The molecule has 1 N–H and O–H groups in total. The lowest BCUT2D eigenvalue weighted by Crippen LogP contribution is -2.33. The Morgan fingerprint density at radius 1 is 1.42 bits per heavy atom. The van der Waals surface area contributed by atoms with E-state index >= 15 is 0 Å². The van der Waals surface area contributed by atoms with Crippen LogP contribution in [0.15, 0.2) is 29.2 Å². The minimum Gasteiger partial charge on any atom is -0.258 e. The maximum absolute atomic E-state index is 12.0. The number of sulfonamides is 1. The van der Waals surface area contributed by atoms with Crippen LogP contribution in [0.5, 0.6) is 0 Å². The number of hydrogen-bond donors (Lipinski definition) is 1. The van der Waals surface area contributed by atoms with E-state index in [1.165, 1.54) is 12.1 Å². The maximum atomic E-state index is 12.0. The highest BCUT2D eigenvalue weighted by atomic mass is 32.2. The molecule has 1 unspecified atom stereocenters. The van der Waals surface area contributed by atoms with E-state index in [0.29, 0.717) is 6.42 Å². The average Bonchev–Trinajstić information content (AvgIpc) is 2.38. The van der Waals surface area contributed by atoms with Crippen molar-refractivity contribution < 1.29 is 13.3 Å². The summed E-state index contributed by atoms with van der Waals surface area (Å²) >= 11 is 0. The summed E-state index contributed by atoms with van der Waals surface area (Å²) in [5, 5.41) is 10.5. The Hall–Kier alpha value is -1.91. The molecule has 0 amide bonds. The molecule has 0 bridgehead atoms. The van der Waals surface area contributed by atoms with Gasteiger partial charge in [-0.3, -0.25) is 10.1 Å².